The van der Waals surface area contributed by atoms with Crippen molar-refractivity contribution in [2.45, 2.75) is 58.5 Å². The van der Waals surface area contributed by atoms with Gasteiger partial charge in [-0.3, -0.25) is 14.5 Å². The van der Waals surface area contributed by atoms with Crippen LogP contribution in [0.25, 0.3) is 6.08 Å². The van der Waals surface area contributed by atoms with E-state index in [0.29, 0.717) is 17.5 Å². The Balaban J connectivity index is 1.56. The molecule has 0 bridgehead atoms. The monoisotopic (exact) mass is 472 g/mol. The molecule has 4 rings (SSSR count). The summed E-state index contributed by atoms with van der Waals surface area (Å²) in [5.74, 6) is -0.203. The van der Waals surface area contributed by atoms with Crippen LogP contribution in [0.1, 0.15) is 60.7 Å². The van der Waals surface area contributed by atoms with Crippen LogP contribution in [0.15, 0.2) is 39.7 Å². The van der Waals surface area contributed by atoms with E-state index in [-0.39, 0.29) is 11.1 Å². The van der Waals surface area contributed by atoms with Gasteiger partial charge in [-0.1, -0.05) is 47.3 Å². The first-order chi connectivity index (χ1) is 13.9. The minimum Gasteiger partial charge on any atom is -0.346 e. The van der Waals surface area contributed by atoms with E-state index in [2.05, 4.69) is 40.4 Å². The highest BCUT2D eigenvalue weighted by Gasteiger charge is 2.35. The lowest BCUT2D eigenvalue weighted by atomic mass is 9.95. The summed E-state index contributed by atoms with van der Waals surface area (Å²) in [7, 11) is 0. The molecule has 152 valence electrons. The van der Waals surface area contributed by atoms with Gasteiger partial charge < -0.3 is 4.57 Å². The smallest absolute Gasteiger partial charge is 0.293 e. The molecule has 1 aliphatic carbocycles. The van der Waals surface area contributed by atoms with Gasteiger partial charge in [-0.05, 0) is 73.9 Å². The van der Waals surface area contributed by atoms with E-state index in [1.165, 1.54) is 48.4 Å². The molecule has 0 radical (unpaired) electrons. The van der Waals surface area contributed by atoms with Gasteiger partial charge in [0.15, 0.2) is 0 Å². The number of aryl methyl sites for hydroxylation is 1. The summed E-state index contributed by atoms with van der Waals surface area (Å²) in [6, 6.07) is 10.4. The van der Waals surface area contributed by atoms with Crippen LogP contribution in [0.2, 0.25) is 0 Å². The van der Waals surface area contributed by atoms with Crippen molar-refractivity contribution in [1.82, 2.24) is 9.47 Å². The van der Waals surface area contributed by atoms with Gasteiger partial charge >= 0.3 is 0 Å². The largest absolute Gasteiger partial charge is 0.346 e. The molecule has 0 N–H and O–H groups in total. The third kappa shape index (κ3) is 4.24. The van der Waals surface area contributed by atoms with E-state index in [1.807, 2.05) is 30.3 Å². The summed E-state index contributed by atoms with van der Waals surface area (Å²) in [5.41, 5.74) is 4.40. The van der Waals surface area contributed by atoms with Crippen molar-refractivity contribution in [1.29, 1.82) is 0 Å². The highest BCUT2D eigenvalue weighted by Crippen LogP contribution is 2.36. The van der Waals surface area contributed by atoms with Crippen LogP contribution in [-0.2, 0) is 11.3 Å². The maximum Gasteiger partial charge on any atom is 0.293 e. The summed E-state index contributed by atoms with van der Waals surface area (Å²) in [5, 5.41) is -0.203. The number of hydrogen-bond acceptors (Lipinski definition) is 3. The van der Waals surface area contributed by atoms with Gasteiger partial charge in [0.2, 0.25) is 0 Å². The second kappa shape index (κ2) is 8.52. The molecule has 0 spiro atoms. The number of carbonyl (C=O) groups excluding carboxylic acids is 2. The van der Waals surface area contributed by atoms with Crippen LogP contribution in [-0.4, -0.2) is 20.6 Å². The number of carbonyl (C=O) groups is 2. The third-order valence-corrected chi connectivity index (χ3v) is 7.31. The van der Waals surface area contributed by atoms with E-state index in [9.17, 15) is 9.59 Å². The zero-order chi connectivity index (χ0) is 20.5. The number of thioether (sulfide) groups is 1. The number of amides is 2. The SMILES string of the molecule is Cc1cc(/C=C2\SC(=O)N(Cc3ccc(Br)cc3)C2=O)c(C)n1C1CCCCC1. The number of rotatable bonds is 4. The van der Waals surface area contributed by atoms with Crippen LogP contribution in [0.3, 0.4) is 0 Å². The molecule has 2 aromatic rings. The Morgan fingerprint density at radius 2 is 1.79 bits per heavy atom. The molecular weight excluding hydrogens is 448 g/mol. The maximum absolute atomic E-state index is 12.9. The molecule has 2 fully saturated rings. The highest BCUT2D eigenvalue weighted by atomic mass is 79.9. The van der Waals surface area contributed by atoms with E-state index in [0.717, 1.165) is 27.4 Å². The average Bonchev–Trinajstić information content (AvgIpc) is 3.14. The van der Waals surface area contributed by atoms with Crippen molar-refractivity contribution in [3.8, 4) is 0 Å². The zero-order valence-electron chi connectivity index (χ0n) is 16.8. The standard InChI is InChI=1S/C23H25BrN2O2S/c1-15-12-18(16(2)26(15)20-6-4-3-5-7-20)13-21-22(27)25(23(28)29-21)14-17-8-10-19(24)11-9-17/h8-13,20H,3-7,14H2,1-2H3/b21-13-. The molecular formula is C23H25BrN2O2S. The summed E-state index contributed by atoms with van der Waals surface area (Å²) in [6.07, 6.45) is 8.24. The molecule has 2 amide bonds. The summed E-state index contributed by atoms with van der Waals surface area (Å²) >= 11 is 4.45. The molecule has 1 saturated carbocycles. The van der Waals surface area contributed by atoms with E-state index < -0.39 is 0 Å². The fraction of sp³-hybridized carbons (Fsp3) is 0.391. The fourth-order valence-electron chi connectivity index (χ4n) is 4.40. The van der Waals surface area contributed by atoms with E-state index >= 15 is 0 Å². The topological polar surface area (TPSA) is 42.3 Å². The van der Waals surface area contributed by atoms with Crippen LogP contribution < -0.4 is 0 Å². The minimum atomic E-state index is -0.203. The van der Waals surface area contributed by atoms with Gasteiger partial charge in [0, 0.05) is 21.9 Å². The van der Waals surface area contributed by atoms with Crippen LogP contribution in [0.4, 0.5) is 4.79 Å². The van der Waals surface area contributed by atoms with Crippen molar-refractivity contribution < 1.29 is 9.59 Å². The second-order valence-electron chi connectivity index (χ2n) is 7.88. The summed E-state index contributed by atoms with van der Waals surface area (Å²) in [4.78, 5) is 27.2. The lowest BCUT2D eigenvalue weighted by Gasteiger charge is -2.26. The number of imide groups is 1. The number of hydrogen-bond donors (Lipinski definition) is 0. The molecule has 4 nitrogen and oxygen atoms in total. The van der Waals surface area contributed by atoms with Crippen LogP contribution >= 0.6 is 27.7 Å². The first-order valence-electron chi connectivity index (χ1n) is 10.1. The van der Waals surface area contributed by atoms with E-state index in [1.54, 1.807) is 0 Å². The molecule has 1 aromatic carbocycles. The Labute approximate surface area is 184 Å². The second-order valence-corrected chi connectivity index (χ2v) is 9.79. The molecule has 6 heteroatoms. The first kappa shape index (κ1) is 20.5. The molecule has 1 aromatic heterocycles. The molecule has 0 unspecified atom stereocenters. The van der Waals surface area contributed by atoms with Gasteiger partial charge in [0.1, 0.15) is 0 Å². The van der Waals surface area contributed by atoms with Gasteiger partial charge in [-0.25, -0.2) is 0 Å². The predicted molar refractivity (Wildman–Crippen MR) is 122 cm³/mol. The lowest BCUT2D eigenvalue weighted by Crippen LogP contribution is -2.27. The summed E-state index contributed by atoms with van der Waals surface area (Å²) < 4.78 is 3.40. The van der Waals surface area contributed by atoms with Crippen LogP contribution in [0, 0.1) is 13.8 Å². The Kier molecular flexibility index (Phi) is 6.02. The zero-order valence-corrected chi connectivity index (χ0v) is 19.2. The first-order valence-corrected chi connectivity index (χ1v) is 11.7. The van der Waals surface area contributed by atoms with E-state index in [4.69, 9.17) is 0 Å². The Hall–Kier alpha value is -1.79. The maximum atomic E-state index is 12.9. The molecule has 0 atom stereocenters. The van der Waals surface area contributed by atoms with Crippen molar-refractivity contribution in [2.24, 2.45) is 0 Å². The van der Waals surface area contributed by atoms with Crippen LogP contribution in [0.5, 0.6) is 0 Å². The van der Waals surface area contributed by atoms with Crippen molar-refractivity contribution in [3.05, 3.63) is 62.2 Å². The highest BCUT2D eigenvalue weighted by molar-refractivity contribution is 9.10. The molecule has 1 saturated heterocycles. The number of nitrogens with zero attached hydrogens (tertiary/aromatic N) is 2. The number of benzene rings is 1. The average molecular weight is 473 g/mol. The normalized spacial score (nSPS) is 19.6. The summed E-state index contributed by atoms with van der Waals surface area (Å²) in [6.45, 7) is 4.56. The van der Waals surface area contributed by atoms with Crippen molar-refractivity contribution in [2.75, 3.05) is 0 Å². The minimum absolute atomic E-state index is 0.203. The molecule has 2 aliphatic rings. The quantitative estimate of drug-likeness (QED) is 0.470. The van der Waals surface area contributed by atoms with Crippen molar-refractivity contribution in [3.63, 3.8) is 0 Å². The van der Waals surface area contributed by atoms with Gasteiger partial charge in [-0.2, -0.15) is 0 Å². The van der Waals surface area contributed by atoms with Crippen molar-refractivity contribution >= 4 is 44.9 Å². The Bertz CT molecular complexity index is 972. The Morgan fingerprint density at radius 1 is 1.10 bits per heavy atom. The third-order valence-electron chi connectivity index (χ3n) is 5.88. The number of halogens is 1. The number of aromatic nitrogens is 1. The molecule has 2 heterocycles. The predicted octanol–water partition coefficient (Wildman–Crippen LogP) is 6.61. The van der Waals surface area contributed by atoms with Gasteiger partial charge in [0.25, 0.3) is 11.1 Å². The molecule has 1 aliphatic heterocycles. The fourth-order valence-corrected chi connectivity index (χ4v) is 5.49. The lowest BCUT2D eigenvalue weighted by molar-refractivity contribution is -0.123. The van der Waals surface area contributed by atoms with Gasteiger partial charge in [0.05, 0.1) is 11.4 Å². The Morgan fingerprint density at radius 3 is 2.48 bits per heavy atom. The molecule has 29 heavy (non-hydrogen) atoms. The van der Waals surface area contributed by atoms with Gasteiger partial charge in [-0.15, -0.1) is 0 Å².